The van der Waals surface area contributed by atoms with Gasteiger partial charge >= 0.3 is 0 Å². The molecule has 1 aliphatic rings. The zero-order chi connectivity index (χ0) is 16.9. The van der Waals surface area contributed by atoms with E-state index in [0.717, 1.165) is 24.3 Å². The fraction of sp³-hybridized carbons (Fsp3) is 0.471. The highest BCUT2D eigenvalue weighted by molar-refractivity contribution is 7.98. The molecule has 0 bridgehead atoms. The largest absolute Gasteiger partial charge is 0.349 e. The molecular formula is C17H23ClN4O2S. The molecule has 0 saturated carbocycles. The van der Waals surface area contributed by atoms with Crippen molar-refractivity contribution in [2.24, 2.45) is 0 Å². The Bertz CT molecular complexity index is 709. The lowest BCUT2D eigenvalue weighted by molar-refractivity contribution is 0.0922. The van der Waals surface area contributed by atoms with Crippen molar-refractivity contribution in [1.29, 1.82) is 0 Å². The van der Waals surface area contributed by atoms with Gasteiger partial charge in [0.25, 0.3) is 5.91 Å². The molecule has 3 rings (SSSR count). The molecule has 136 valence electrons. The van der Waals surface area contributed by atoms with E-state index in [1.807, 2.05) is 24.3 Å². The number of rotatable bonds is 5. The third kappa shape index (κ3) is 5.45. The summed E-state index contributed by atoms with van der Waals surface area (Å²) in [6.07, 6.45) is 1.93. The molecular weight excluding hydrogens is 360 g/mol. The number of aryl methyl sites for hydroxylation is 1. The van der Waals surface area contributed by atoms with Gasteiger partial charge in [-0.15, -0.1) is 24.2 Å². The van der Waals surface area contributed by atoms with Crippen molar-refractivity contribution in [1.82, 2.24) is 20.8 Å². The van der Waals surface area contributed by atoms with Gasteiger partial charge in [-0.25, -0.2) is 0 Å². The van der Waals surface area contributed by atoms with Crippen molar-refractivity contribution in [3.05, 3.63) is 41.5 Å². The topological polar surface area (TPSA) is 80.0 Å². The zero-order valence-electron chi connectivity index (χ0n) is 14.3. The van der Waals surface area contributed by atoms with Crippen molar-refractivity contribution in [3.63, 3.8) is 0 Å². The summed E-state index contributed by atoms with van der Waals surface area (Å²) in [5, 5.41) is 10.3. The second-order valence-electron chi connectivity index (χ2n) is 6.07. The predicted molar refractivity (Wildman–Crippen MR) is 100 cm³/mol. The Hall–Kier alpha value is -1.57. The van der Waals surface area contributed by atoms with Crippen molar-refractivity contribution in [2.75, 3.05) is 6.54 Å². The molecule has 1 aliphatic heterocycles. The van der Waals surface area contributed by atoms with Gasteiger partial charge < -0.3 is 15.2 Å². The van der Waals surface area contributed by atoms with E-state index in [1.165, 1.54) is 11.8 Å². The number of hydrogen-bond donors (Lipinski definition) is 2. The molecule has 1 aromatic heterocycles. The molecule has 1 aromatic carbocycles. The molecule has 2 N–H and O–H groups in total. The third-order valence-corrected chi connectivity index (χ3v) is 5.07. The van der Waals surface area contributed by atoms with Crippen LogP contribution >= 0.6 is 24.2 Å². The quantitative estimate of drug-likeness (QED) is 0.774. The molecule has 6 nitrogen and oxygen atoms in total. The number of carbonyl (C=O) groups excluding carboxylic acids is 1. The Balaban J connectivity index is 0.00000225. The number of nitrogens with zero attached hydrogens (tertiary/aromatic N) is 2. The van der Waals surface area contributed by atoms with Gasteiger partial charge in [-0.1, -0.05) is 17.3 Å². The van der Waals surface area contributed by atoms with Gasteiger partial charge in [-0.3, -0.25) is 4.79 Å². The number of hydrogen-bond acceptors (Lipinski definition) is 6. The van der Waals surface area contributed by atoms with Crippen LogP contribution in [0.1, 0.15) is 41.8 Å². The third-order valence-electron chi connectivity index (χ3n) is 4.01. The fourth-order valence-corrected chi connectivity index (χ4v) is 3.73. The zero-order valence-corrected chi connectivity index (χ0v) is 16.0. The molecule has 0 spiro atoms. The van der Waals surface area contributed by atoms with E-state index in [9.17, 15) is 4.79 Å². The smallest absolute Gasteiger partial charge is 0.252 e. The van der Waals surface area contributed by atoms with Gasteiger partial charge in [-0.2, -0.15) is 4.98 Å². The highest BCUT2D eigenvalue weighted by Gasteiger charge is 2.21. The molecule has 1 fully saturated rings. The molecule has 2 unspecified atom stereocenters. The van der Waals surface area contributed by atoms with Gasteiger partial charge in [0, 0.05) is 17.0 Å². The van der Waals surface area contributed by atoms with E-state index in [1.54, 1.807) is 6.92 Å². The normalized spacial score (nSPS) is 19.9. The number of amides is 1. The number of piperidine rings is 1. The van der Waals surface area contributed by atoms with Gasteiger partial charge in [0.05, 0.1) is 11.3 Å². The minimum absolute atomic E-state index is 0. The number of carbonyl (C=O) groups is 1. The van der Waals surface area contributed by atoms with Crippen LogP contribution in [0.5, 0.6) is 0 Å². The summed E-state index contributed by atoms with van der Waals surface area (Å²) in [7, 11) is 0. The summed E-state index contributed by atoms with van der Waals surface area (Å²) in [5.74, 6) is 1.73. The number of benzene rings is 1. The van der Waals surface area contributed by atoms with E-state index in [-0.39, 0.29) is 24.4 Å². The maximum Gasteiger partial charge on any atom is 0.252 e. The van der Waals surface area contributed by atoms with E-state index < -0.39 is 0 Å². The van der Waals surface area contributed by atoms with Crippen LogP contribution in [0.4, 0.5) is 0 Å². The van der Waals surface area contributed by atoms with Crippen LogP contribution in [0.3, 0.4) is 0 Å². The van der Waals surface area contributed by atoms with Crippen LogP contribution in [0.2, 0.25) is 0 Å². The lowest BCUT2D eigenvalue weighted by Gasteiger charge is -2.28. The molecule has 0 aliphatic carbocycles. The minimum Gasteiger partial charge on any atom is -0.349 e. The first-order valence-corrected chi connectivity index (χ1v) is 9.15. The maximum atomic E-state index is 12.7. The molecule has 1 amide bonds. The standard InChI is InChI=1S/C17H22N4O2S.ClH/c1-11-9-13(7-8-18-11)20-17(22)14-5-3-4-6-15(14)24-10-16-19-12(2)21-23-16;/h3-6,11,13,18H,7-10H2,1-2H3,(H,20,22);1H. The summed E-state index contributed by atoms with van der Waals surface area (Å²) in [4.78, 5) is 17.8. The Morgan fingerprint density at radius 1 is 1.44 bits per heavy atom. The van der Waals surface area contributed by atoms with Crippen LogP contribution in [0.15, 0.2) is 33.7 Å². The van der Waals surface area contributed by atoms with Crippen LogP contribution in [-0.2, 0) is 5.75 Å². The Labute approximate surface area is 157 Å². The average Bonchev–Trinajstić information content (AvgIpc) is 2.99. The Morgan fingerprint density at radius 2 is 2.24 bits per heavy atom. The van der Waals surface area contributed by atoms with Crippen molar-refractivity contribution >= 4 is 30.1 Å². The lowest BCUT2D eigenvalue weighted by Crippen LogP contribution is -2.46. The summed E-state index contributed by atoms with van der Waals surface area (Å²) in [6.45, 7) is 4.88. The van der Waals surface area contributed by atoms with Crippen LogP contribution in [0.25, 0.3) is 0 Å². The van der Waals surface area contributed by atoms with Gasteiger partial charge in [-0.05, 0) is 45.4 Å². The summed E-state index contributed by atoms with van der Waals surface area (Å²) < 4.78 is 5.13. The molecule has 0 radical (unpaired) electrons. The van der Waals surface area contributed by atoms with Crippen LogP contribution < -0.4 is 10.6 Å². The van der Waals surface area contributed by atoms with Crippen LogP contribution in [-0.4, -0.2) is 34.7 Å². The first kappa shape index (κ1) is 19.8. The average molecular weight is 383 g/mol. The van der Waals surface area contributed by atoms with Gasteiger partial charge in [0.2, 0.25) is 5.89 Å². The van der Waals surface area contributed by atoms with Crippen molar-refractivity contribution < 1.29 is 9.32 Å². The summed E-state index contributed by atoms with van der Waals surface area (Å²) in [6, 6.07) is 8.31. The maximum absolute atomic E-state index is 12.7. The first-order valence-electron chi connectivity index (χ1n) is 8.17. The van der Waals surface area contributed by atoms with Crippen LogP contribution in [0, 0.1) is 6.92 Å². The SMILES string of the molecule is Cc1noc(CSc2ccccc2C(=O)NC2CCNC(C)C2)n1.Cl. The molecule has 2 aromatic rings. The number of aromatic nitrogens is 2. The van der Waals surface area contributed by atoms with Gasteiger partial charge in [0.1, 0.15) is 0 Å². The van der Waals surface area contributed by atoms with E-state index in [4.69, 9.17) is 4.52 Å². The second-order valence-corrected chi connectivity index (χ2v) is 7.09. The van der Waals surface area contributed by atoms with Crippen molar-refractivity contribution in [3.8, 4) is 0 Å². The Kier molecular flexibility index (Phi) is 7.28. The number of halogens is 1. The first-order chi connectivity index (χ1) is 11.6. The monoisotopic (exact) mass is 382 g/mol. The highest BCUT2D eigenvalue weighted by atomic mass is 35.5. The second kappa shape index (κ2) is 9.22. The molecule has 25 heavy (non-hydrogen) atoms. The Morgan fingerprint density at radius 3 is 2.96 bits per heavy atom. The minimum atomic E-state index is -0.0149. The number of thioether (sulfide) groups is 1. The predicted octanol–water partition coefficient (Wildman–Crippen LogP) is 2.96. The molecule has 8 heteroatoms. The van der Waals surface area contributed by atoms with Crippen molar-refractivity contribution in [2.45, 2.75) is 49.4 Å². The van der Waals surface area contributed by atoms with E-state index in [0.29, 0.717) is 29.1 Å². The number of nitrogens with one attached hydrogen (secondary N) is 2. The highest BCUT2D eigenvalue weighted by Crippen LogP contribution is 2.26. The van der Waals surface area contributed by atoms with E-state index in [2.05, 4.69) is 27.7 Å². The lowest BCUT2D eigenvalue weighted by atomic mass is 10.0. The summed E-state index contributed by atoms with van der Waals surface area (Å²) in [5.41, 5.74) is 0.699. The van der Waals surface area contributed by atoms with E-state index >= 15 is 0 Å². The van der Waals surface area contributed by atoms with Gasteiger partial charge in [0.15, 0.2) is 5.82 Å². The molecule has 1 saturated heterocycles. The summed E-state index contributed by atoms with van der Waals surface area (Å²) >= 11 is 1.53. The molecule has 2 heterocycles. The fourth-order valence-electron chi connectivity index (χ4n) is 2.84. The molecule has 2 atom stereocenters.